The fourth-order valence-electron chi connectivity index (χ4n) is 4.14. The predicted molar refractivity (Wildman–Crippen MR) is 95.7 cm³/mol. The number of amides is 3. The largest absolute Gasteiger partial charge is 0.381 e. The van der Waals surface area contributed by atoms with Crippen LogP contribution in [-0.4, -0.2) is 49.7 Å². The molecule has 0 aromatic heterocycles. The van der Waals surface area contributed by atoms with E-state index in [0.29, 0.717) is 6.42 Å². The molecule has 6 heteroatoms. The number of urea groups is 1. The number of piperidine rings is 1. The molecule has 1 aromatic rings. The van der Waals surface area contributed by atoms with E-state index < -0.39 is 0 Å². The second-order valence-electron chi connectivity index (χ2n) is 7.41. The fraction of sp³-hybridized carbons (Fsp3) is 0.579. The number of benzene rings is 1. The molecule has 3 aliphatic rings. The summed E-state index contributed by atoms with van der Waals surface area (Å²) in [5.41, 5.74) is 1.84. The molecule has 4 rings (SSSR count). The van der Waals surface area contributed by atoms with Crippen LogP contribution in [0.3, 0.4) is 0 Å². The molecule has 0 radical (unpaired) electrons. The maximum absolute atomic E-state index is 12.7. The van der Waals surface area contributed by atoms with Crippen LogP contribution in [0.5, 0.6) is 0 Å². The number of rotatable bonds is 2. The maximum Gasteiger partial charge on any atom is 0.321 e. The lowest BCUT2D eigenvalue weighted by Crippen LogP contribution is -2.49. The molecule has 1 N–H and O–H groups in total. The Balaban J connectivity index is 1.41. The van der Waals surface area contributed by atoms with E-state index in [-0.39, 0.29) is 17.4 Å². The number of ether oxygens (including phenoxy) is 1. The Morgan fingerprint density at radius 1 is 1.16 bits per heavy atom. The van der Waals surface area contributed by atoms with E-state index >= 15 is 0 Å². The van der Waals surface area contributed by atoms with Crippen LogP contribution in [0.1, 0.15) is 32.1 Å². The van der Waals surface area contributed by atoms with Gasteiger partial charge in [-0.2, -0.15) is 0 Å². The lowest BCUT2D eigenvalue weighted by atomic mass is 9.74. The van der Waals surface area contributed by atoms with Crippen LogP contribution >= 0.6 is 0 Å². The molecule has 3 heterocycles. The molecule has 3 amide bonds. The van der Waals surface area contributed by atoms with Gasteiger partial charge in [-0.25, -0.2) is 4.79 Å². The minimum atomic E-state index is -0.0438. The second-order valence-corrected chi connectivity index (χ2v) is 7.41. The summed E-state index contributed by atoms with van der Waals surface area (Å²) in [5, 5.41) is 3.01. The van der Waals surface area contributed by atoms with Gasteiger partial charge in [0.1, 0.15) is 0 Å². The number of hydrogen-bond donors (Lipinski definition) is 1. The predicted octanol–water partition coefficient (Wildman–Crippen LogP) is 2.85. The molecule has 134 valence electrons. The normalized spacial score (nSPS) is 22.6. The van der Waals surface area contributed by atoms with Gasteiger partial charge < -0.3 is 19.9 Å². The molecule has 3 fully saturated rings. The van der Waals surface area contributed by atoms with Gasteiger partial charge in [0.2, 0.25) is 5.91 Å². The first kappa shape index (κ1) is 16.4. The molecule has 3 aliphatic heterocycles. The molecule has 0 saturated carbocycles. The first-order valence-corrected chi connectivity index (χ1v) is 9.19. The van der Waals surface area contributed by atoms with Crippen molar-refractivity contribution in [1.82, 2.24) is 4.90 Å². The maximum atomic E-state index is 12.7. The van der Waals surface area contributed by atoms with Gasteiger partial charge in [0.25, 0.3) is 0 Å². The van der Waals surface area contributed by atoms with E-state index in [9.17, 15) is 9.59 Å². The Bertz CT molecular complexity index is 664. The monoisotopic (exact) mass is 343 g/mol. The summed E-state index contributed by atoms with van der Waals surface area (Å²) in [6, 6.07) is 7.50. The Morgan fingerprint density at radius 3 is 2.72 bits per heavy atom. The summed E-state index contributed by atoms with van der Waals surface area (Å²) < 4.78 is 5.50. The van der Waals surface area contributed by atoms with Gasteiger partial charge in [0.05, 0.1) is 0 Å². The van der Waals surface area contributed by atoms with Crippen LogP contribution in [-0.2, 0) is 9.53 Å². The third kappa shape index (κ3) is 3.35. The van der Waals surface area contributed by atoms with E-state index in [0.717, 1.165) is 63.5 Å². The molecule has 0 aliphatic carbocycles. The van der Waals surface area contributed by atoms with Crippen molar-refractivity contribution in [3.63, 3.8) is 0 Å². The quantitative estimate of drug-likeness (QED) is 0.840. The molecule has 25 heavy (non-hydrogen) atoms. The molecule has 1 spiro atoms. The van der Waals surface area contributed by atoms with E-state index in [1.165, 1.54) is 6.42 Å². The Labute approximate surface area is 148 Å². The van der Waals surface area contributed by atoms with Gasteiger partial charge in [-0.05, 0) is 49.3 Å². The fourth-order valence-corrected chi connectivity index (χ4v) is 4.14. The Hall–Kier alpha value is -2.08. The Morgan fingerprint density at radius 2 is 2.00 bits per heavy atom. The molecule has 3 saturated heterocycles. The zero-order valence-electron chi connectivity index (χ0n) is 14.5. The van der Waals surface area contributed by atoms with Crippen molar-refractivity contribution in [2.75, 3.05) is 43.1 Å². The van der Waals surface area contributed by atoms with Crippen LogP contribution in [0, 0.1) is 5.41 Å². The van der Waals surface area contributed by atoms with Gasteiger partial charge in [0.15, 0.2) is 0 Å². The standard InChI is InChI=1S/C19H25N3O3/c23-17-5-10-22(17)16-4-1-3-15(13-16)20-18(24)21-9-2-6-19(14-21)7-11-25-12-8-19/h1,3-4,13H,2,5-12,14H2,(H,20,24). The number of hydrogen-bond acceptors (Lipinski definition) is 3. The summed E-state index contributed by atoms with van der Waals surface area (Å²) in [7, 11) is 0. The lowest BCUT2D eigenvalue weighted by molar-refractivity contribution is -0.122. The first-order valence-electron chi connectivity index (χ1n) is 9.19. The van der Waals surface area contributed by atoms with Crippen molar-refractivity contribution in [3.05, 3.63) is 24.3 Å². The molecule has 6 nitrogen and oxygen atoms in total. The number of carbonyl (C=O) groups is 2. The van der Waals surface area contributed by atoms with Crippen molar-refractivity contribution >= 4 is 23.3 Å². The first-order chi connectivity index (χ1) is 12.2. The van der Waals surface area contributed by atoms with Crippen molar-refractivity contribution in [2.24, 2.45) is 5.41 Å². The smallest absolute Gasteiger partial charge is 0.321 e. The number of carbonyl (C=O) groups excluding carboxylic acids is 2. The van der Waals surface area contributed by atoms with E-state index in [1.54, 1.807) is 4.90 Å². The van der Waals surface area contributed by atoms with E-state index in [2.05, 4.69) is 5.32 Å². The SMILES string of the molecule is O=C(Nc1cccc(N2CCC2=O)c1)N1CCCC2(CCOCC2)C1. The van der Waals surface area contributed by atoms with Crippen LogP contribution < -0.4 is 10.2 Å². The number of nitrogens with one attached hydrogen (secondary N) is 1. The zero-order chi connectivity index (χ0) is 17.3. The second kappa shape index (κ2) is 6.67. The highest BCUT2D eigenvalue weighted by atomic mass is 16.5. The minimum absolute atomic E-state index is 0.0438. The number of likely N-dealkylation sites (tertiary alicyclic amines) is 1. The minimum Gasteiger partial charge on any atom is -0.381 e. The van der Waals surface area contributed by atoms with E-state index in [4.69, 9.17) is 4.74 Å². The zero-order valence-corrected chi connectivity index (χ0v) is 14.5. The van der Waals surface area contributed by atoms with Crippen molar-refractivity contribution in [3.8, 4) is 0 Å². The van der Waals surface area contributed by atoms with Gasteiger partial charge in [-0.3, -0.25) is 4.79 Å². The third-order valence-corrected chi connectivity index (χ3v) is 5.76. The van der Waals surface area contributed by atoms with Gasteiger partial charge >= 0.3 is 6.03 Å². The lowest BCUT2D eigenvalue weighted by Gasteiger charge is -2.45. The highest BCUT2D eigenvalue weighted by Crippen LogP contribution is 2.39. The topological polar surface area (TPSA) is 61.9 Å². The van der Waals surface area contributed by atoms with E-state index in [1.807, 2.05) is 29.2 Å². The van der Waals surface area contributed by atoms with Crippen molar-refractivity contribution in [1.29, 1.82) is 0 Å². The molecule has 0 atom stereocenters. The van der Waals surface area contributed by atoms with Crippen LogP contribution in [0.4, 0.5) is 16.2 Å². The van der Waals surface area contributed by atoms with Crippen molar-refractivity contribution in [2.45, 2.75) is 32.1 Å². The number of anilines is 2. The number of nitrogens with zero attached hydrogens (tertiary/aromatic N) is 2. The van der Waals surface area contributed by atoms with Gasteiger partial charge in [-0.15, -0.1) is 0 Å². The van der Waals surface area contributed by atoms with Crippen LogP contribution in [0.15, 0.2) is 24.3 Å². The molecular formula is C19H25N3O3. The number of β-lactam (4-membered cyclic amide) rings is 1. The van der Waals surface area contributed by atoms with Gasteiger partial charge in [0, 0.05) is 50.6 Å². The molecule has 0 unspecified atom stereocenters. The van der Waals surface area contributed by atoms with Crippen molar-refractivity contribution < 1.29 is 14.3 Å². The summed E-state index contributed by atoms with van der Waals surface area (Å²) in [6.07, 6.45) is 4.94. The van der Waals surface area contributed by atoms with Crippen LogP contribution in [0.2, 0.25) is 0 Å². The molecule has 1 aromatic carbocycles. The third-order valence-electron chi connectivity index (χ3n) is 5.76. The highest BCUT2D eigenvalue weighted by Gasteiger charge is 2.38. The average molecular weight is 343 g/mol. The average Bonchev–Trinajstić information content (AvgIpc) is 2.61. The summed E-state index contributed by atoms with van der Waals surface area (Å²) in [5.74, 6) is 0.140. The molecular weight excluding hydrogens is 318 g/mol. The molecule has 0 bridgehead atoms. The highest BCUT2D eigenvalue weighted by molar-refractivity contribution is 6.00. The summed E-state index contributed by atoms with van der Waals surface area (Å²) in [4.78, 5) is 28.0. The summed E-state index contributed by atoms with van der Waals surface area (Å²) >= 11 is 0. The Kier molecular flexibility index (Phi) is 4.37. The summed E-state index contributed by atoms with van der Waals surface area (Å²) in [6.45, 7) is 3.99. The van der Waals surface area contributed by atoms with Gasteiger partial charge in [-0.1, -0.05) is 6.07 Å². The van der Waals surface area contributed by atoms with Crippen LogP contribution in [0.25, 0.3) is 0 Å².